The lowest BCUT2D eigenvalue weighted by Gasteiger charge is -2.27. The molecule has 366 valence electrons. The topological polar surface area (TPSA) is 32.8 Å². The van der Waals surface area contributed by atoms with Gasteiger partial charge in [0.05, 0.1) is 11.4 Å². The van der Waals surface area contributed by atoms with Gasteiger partial charge in [-0.05, 0) is 176 Å². The molecule has 0 saturated heterocycles. The van der Waals surface area contributed by atoms with Crippen molar-refractivity contribution in [2.24, 2.45) is 0 Å². The molecule has 0 aliphatic heterocycles. The SMILES string of the molecule is Cc1cccc2c1oc1c(N(c3ccc(-c4ccccc4)cc3)c3ccc4cc5c(cc4c3)C(C)(C)c3cc4cc(N(c6ccc(-c7ccccc7)cc6)c6cccc7c6oc6c(C)cccc67)ccc4cc3-5)cccc12. The van der Waals surface area contributed by atoms with Gasteiger partial charge in [-0.15, -0.1) is 0 Å². The molecule has 4 nitrogen and oxygen atoms in total. The van der Waals surface area contributed by atoms with Crippen molar-refractivity contribution >= 4 is 99.5 Å². The first-order chi connectivity index (χ1) is 37.7. The highest BCUT2D eigenvalue weighted by atomic mass is 16.3. The van der Waals surface area contributed by atoms with Gasteiger partial charge in [0.15, 0.2) is 11.2 Å². The number of hydrogen-bond acceptors (Lipinski definition) is 4. The quantitative estimate of drug-likeness (QED) is 0.152. The molecule has 0 bridgehead atoms. The van der Waals surface area contributed by atoms with Gasteiger partial charge in [-0.1, -0.05) is 172 Å². The Morgan fingerprint density at radius 1 is 0.299 bits per heavy atom. The van der Waals surface area contributed by atoms with Gasteiger partial charge < -0.3 is 18.6 Å². The molecule has 0 radical (unpaired) electrons. The van der Waals surface area contributed by atoms with Crippen molar-refractivity contribution in [1.82, 2.24) is 0 Å². The number of fused-ring (bicyclic) bond motifs is 11. The fourth-order valence-corrected chi connectivity index (χ4v) is 12.4. The standard InChI is InChI=1S/C73H52N2O2/c1-45-15-11-21-59-61-23-13-25-67(71(61)76-69(45)59)74(55-33-27-49(28-34-55)47-17-7-5-8-18-47)57-37-31-51-41-63-64-42-52-32-38-58(40-54(52)44-66(64)73(3,4)65(63)43-53(51)39-57)75(56-35-29-50(30-36-56)48-19-9-6-10-20-48)68-26-14-24-62-60-22-12-16-46(2)70(60)77-72(62)68/h5-44H,1-4H3. The third kappa shape index (κ3) is 7.13. The zero-order valence-electron chi connectivity index (χ0n) is 43.3. The van der Waals surface area contributed by atoms with Crippen LogP contribution in [0.4, 0.5) is 34.1 Å². The lowest BCUT2D eigenvalue weighted by molar-refractivity contribution is 0.662. The molecular formula is C73H52N2O2. The van der Waals surface area contributed by atoms with Crippen molar-refractivity contribution in [2.45, 2.75) is 33.1 Å². The molecule has 77 heavy (non-hydrogen) atoms. The van der Waals surface area contributed by atoms with E-state index in [0.717, 1.165) is 89.1 Å². The maximum Gasteiger partial charge on any atom is 0.159 e. The number of benzene rings is 12. The molecule has 2 aromatic heterocycles. The first kappa shape index (κ1) is 44.8. The second-order valence-electron chi connectivity index (χ2n) is 21.4. The second kappa shape index (κ2) is 17.2. The van der Waals surface area contributed by atoms with Crippen molar-refractivity contribution < 1.29 is 8.83 Å². The van der Waals surface area contributed by atoms with Crippen LogP contribution in [0.2, 0.25) is 0 Å². The number of para-hydroxylation sites is 4. The predicted molar refractivity (Wildman–Crippen MR) is 323 cm³/mol. The van der Waals surface area contributed by atoms with Gasteiger partial charge in [0.25, 0.3) is 0 Å². The molecule has 0 unspecified atom stereocenters. The summed E-state index contributed by atoms with van der Waals surface area (Å²) in [6, 6.07) is 88.5. The highest BCUT2D eigenvalue weighted by Gasteiger charge is 2.36. The third-order valence-electron chi connectivity index (χ3n) is 16.4. The Bertz CT molecular complexity index is 4360. The van der Waals surface area contributed by atoms with E-state index in [-0.39, 0.29) is 5.41 Å². The monoisotopic (exact) mass is 988 g/mol. The van der Waals surface area contributed by atoms with Crippen LogP contribution in [0.15, 0.2) is 251 Å². The minimum absolute atomic E-state index is 0.269. The van der Waals surface area contributed by atoms with Crippen molar-refractivity contribution in [3.8, 4) is 33.4 Å². The Kier molecular flexibility index (Phi) is 10.0. The molecule has 1 aliphatic rings. The zero-order chi connectivity index (χ0) is 51.5. The smallest absolute Gasteiger partial charge is 0.159 e. The molecule has 4 heteroatoms. The van der Waals surface area contributed by atoms with E-state index in [0.29, 0.717) is 0 Å². The molecule has 0 spiro atoms. The Morgan fingerprint density at radius 3 is 1.08 bits per heavy atom. The van der Waals surface area contributed by atoms with Gasteiger partial charge in [0, 0.05) is 49.7 Å². The van der Waals surface area contributed by atoms with Gasteiger partial charge >= 0.3 is 0 Å². The van der Waals surface area contributed by atoms with Crippen LogP contribution in [0.1, 0.15) is 36.1 Å². The molecule has 12 aromatic carbocycles. The third-order valence-corrected chi connectivity index (χ3v) is 16.4. The molecule has 0 N–H and O–H groups in total. The van der Waals surface area contributed by atoms with Crippen LogP contribution in [0.25, 0.3) is 98.8 Å². The number of furan rings is 2. The van der Waals surface area contributed by atoms with Gasteiger partial charge in [-0.25, -0.2) is 0 Å². The largest absolute Gasteiger partial charge is 0.454 e. The summed E-state index contributed by atoms with van der Waals surface area (Å²) < 4.78 is 13.7. The van der Waals surface area contributed by atoms with E-state index in [9.17, 15) is 0 Å². The lowest BCUT2D eigenvalue weighted by atomic mass is 9.81. The first-order valence-electron chi connectivity index (χ1n) is 26.6. The van der Waals surface area contributed by atoms with E-state index < -0.39 is 0 Å². The van der Waals surface area contributed by atoms with E-state index in [1.165, 1.54) is 66.1 Å². The number of rotatable bonds is 8. The van der Waals surface area contributed by atoms with E-state index in [1.807, 2.05) is 0 Å². The molecule has 0 amide bonds. The first-order valence-corrected chi connectivity index (χ1v) is 26.6. The molecule has 1 aliphatic carbocycles. The summed E-state index contributed by atoms with van der Waals surface area (Å²) in [5.74, 6) is 0. The minimum atomic E-state index is -0.269. The Labute approximate surface area is 447 Å². The molecule has 0 fully saturated rings. The van der Waals surface area contributed by atoms with Crippen molar-refractivity contribution in [3.63, 3.8) is 0 Å². The number of hydrogen-bond donors (Lipinski definition) is 0. The fraction of sp³-hybridized carbons (Fsp3) is 0.0685. The van der Waals surface area contributed by atoms with E-state index in [4.69, 9.17) is 8.83 Å². The van der Waals surface area contributed by atoms with Crippen LogP contribution >= 0.6 is 0 Å². The second-order valence-corrected chi connectivity index (χ2v) is 21.4. The maximum atomic E-state index is 6.84. The van der Waals surface area contributed by atoms with Crippen LogP contribution in [-0.4, -0.2) is 0 Å². The summed E-state index contributed by atoms with van der Waals surface area (Å²) in [4.78, 5) is 4.73. The van der Waals surface area contributed by atoms with Crippen LogP contribution in [0, 0.1) is 13.8 Å². The van der Waals surface area contributed by atoms with Crippen LogP contribution < -0.4 is 9.80 Å². The molecule has 15 rings (SSSR count). The summed E-state index contributed by atoms with van der Waals surface area (Å²) in [5, 5.41) is 9.25. The Hall–Kier alpha value is -9.64. The number of aryl methyl sites for hydroxylation is 2. The summed E-state index contributed by atoms with van der Waals surface area (Å²) >= 11 is 0. The average molecular weight is 989 g/mol. The highest BCUT2D eigenvalue weighted by molar-refractivity contribution is 6.13. The molecular weight excluding hydrogens is 937 g/mol. The summed E-state index contributed by atoms with van der Waals surface area (Å²) in [7, 11) is 0. The number of anilines is 6. The van der Waals surface area contributed by atoms with Crippen LogP contribution in [-0.2, 0) is 5.41 Å². The zero-order valence-corrected chi connectivity index (χ0v) is 43.3. The molecule has 2 heterocycles. The highest BCUT2D eigenvalue weighted by Crippen LogP contribution is 2.53. The summed E-state index contributed by atoms with van der Waals surface area (Å²) in [5.41, 5.74) is 21.8. The average Bonchev–Trinajstić information content (AvgIpc) is 4.20. The summed E-state index contributed by atoms with van der Waals surface area (Å²) in [6.45, 7) is 9.02. The van der Waals surface area contributed by atoms with E-state index >= 15 is 0 Å². The maximum absolute atomic E-state index is 6.84. The van der Waals surface area contributed by atoms with Gasteiger partial charge in [0.1, 0.15) is 11.2 Å². The molecule has 14 aromatic rings. The van der Waals surface area contributed by atoms with E-state index in [2.05, 4.69) is 280 Å². The number of nitrogens with zero attached hydrogens (tertiary/aromatic N) is 2. The van der Waals surface area contributed by atoms with Crippen molar-refractivity contribution in [3.05, 3.63) is 265 Å². The molecule has 0 saturated carbocycles. The van der Waals surface area contributed by atoms with E-state index in [1.54, 1.807) is 0 Å². The van der Waals surface area contributed by atoms with Gasteiger partial charge in [-0.3, -0.25) is 0 Å². The predicted octanol–water partition coefficient (Wildman–Crippen LogP) is 21.0. The lowest BCUT2D eigenvalue weighted by Crippen LogP contribution is -2.15. The van der Waals surface area contributed by atoms with Crippen molar-refractivity contribution in [1.29, 1.82) is 0 Å². The Morgan fingerprint density at radius 2 is 0.662 bits per heavy atom. The van der Waals surface area contributed by atoms with Gasteiger partial charge in [-0.2, -0.15) is 0 Å². The van der Waals surface area contributed by atoms with Gasteiger partial charge in [0.2, 0.25) is 0 Å². The molecule has 0 atom stereocenters. The minimum Gasteiger partial charge on any atom is -0.454 e. The van der Waals surface area contributed by atoms with Crippen LogP contribution in [0.5, 0.6) is 0 Å². The fourth-order valence-electron chi connectivity index (χ4n) is 12.4. The van der Waals surface area contributed by atoms with Crippen molar-refractivity contribution in [2.75, 3.05) is 9.80 Å². The Balaban J connectivity index is 0.847. The normalized spacial score (nSPS) is 12.8. The summed E-state index contributed by atoms with van der Waals surface area (Å²) in [6.07, 6.45) is 0. The van der Waals surface area contributed by atoms with Crippen LogP contribution in [0.3, 0.4) is 0 Å².